The van der Waals surface area contributed by atoms with Gasteiger partial charge in [0.25, 0.3) is 0 Å². The highest BCUT2D eigenvalue weighted by Crippen LogP contribution is 2.25. The molecule has 0 amide bonds. The first-order chi connectivity index (χ1) is 6.93. The number of halogens is 4. The van der Waals surface area contributed by atoms with Crippen molar-refractivity contribution >= 4 is 11.6 Å². The second-order valence-electron chi connectivity index (χ2n) is 2.84. The molecule has 84 valence electrons. The molecule has 0 aliphatic heterocycles. The molecule has 2 N–H and O–H groups in total. The summed E-state index contributed by atoms with van der Waals surface area (Å²) in [7, 11) is 0. The Labute approximate surface area is 89.8 Å². The topological polar surface area (TPSA) is 35.2 Å². The van der Waals surface area contributed by atoms with Gasteiger partial charge in [-0.15, -0.1) is 0 Å². The first-order valence-corrected chi connectivity index (χ1v) is 4.50. The van der Waals surface area contributed by atoms with Crippen LogP contribution >= 0.6 is 11.6 Å². The van der Waals surface area contributed by atoms with Crippen LogP contribution < -0.4 is 10.5 Å². The van der Waals surface area contributed by atoms with Gasteiger partial charge in [-0.05, 0) is 18.2 Å². The van der Waals surface area contributed by atoms with Gasteiger partial charge in [0.1, 0.15) is 5.75 Å². The van der Waals surface area contributed by atoms with E-state index in [4.69, 9.17) is 17.3 Å². The zero-order chi connectivity index (χ0) is 11.5. The second kappa shape index (κ2) is 4.72. The third kappa shape index (κ3) is 3.60. The summed E-state index contributed by atoms with van der Waals surface area (Å²) in [5.74, 6) is 0.0512. The Hall–Kier alpha value is -0.940. The van der Waals surface area contributed by atoms with Crippen molar-refractivity contribution in [3.05, 3.63) is 29.3 Å². The predicted molar refractivity (Wildman–Crippen MR) is 51.0 cm³/mol. The predicted octanol–water partition coefficient (Wildman–Crippen LogP) is 2.61. The van der Waals surface area contributed by atoms with Gasteiger partial charge in [-0.3, -0.25) is 0 Å². The van der Waals surface area contributed by atoms with Crippen molar-refractivity contribution in [1.29, 1.82) is 0 Å². The fraction of sp³-hybridized carbons (Fsp3) is 0.333. The minimum absolute atomic E-state index is 0.0512. The lowest BCUT2D eigenvalue weighted by molar-refractivity contribution is -0.191. The highest BCUT2D eigenvalue weighted by molar-refractivity contribution is 6.30. The van der Waals surface area contributed by atoms with Crippen molar-refractivity contribution < 1.29 is 17.9 Å². The van der Waals surface area contributed by atoms with Gasteiger partial charge >= 0.3 is 6.18 Å². The lowest BCUT2D eigenvalue weighted by atomic mass is 10.3. The normalized spacial score (nSPS) is 13.7. The molecule has 0 saturated carbocycles. The monoisotopic (exact) mass is 239 g/mol. The number of hydrogen-bond donors (Lipinski definition) is 1. The Kier molecular flexibility index (Phi) is 3.82. The summed E-state index contributed by atoms with van der Waals surface area (Å²) < 4.78 is 41.5. The summed E-state index contributed by atoms with van der Waals surface area (Å²) in [5.41, 5.74) is 4.97. The van der Waals surface area contributed by atoms with Crippen LogP contribution in [0, 0.1) is 0 Å². The highest BCUT2D eigenvalue weighted by Gasteiger charge is 2.40. The van der Waals surface area contributed by atoms with Crippen LogP contribution in [-0.4, -0.2) is 18.8 Å². The molecule has 0 heterocycles. The zero-order valence-electron chi connectivity index (χ0n) is 7.59. The van der Waals surface area contributed by atoms with Gasteiger partial charge in [0.05, 0.1) is 0 Å². The maximum absolute atomic E-state index is 12.3. The minimum atomic E-state index is -4.48. The molecule has 0 bridgehead atoms. The summed E-state index contributed by atoms with van der Waals surface area (Å²) >= 11 is 5.59. The molecule has 1 unspecified atom stereocenters. The molecule has 1 atom stereocenters. The van der Waals surface area contributed by atoms with Crippen molar-refractivity contribution in [3.8, 4) is 5.75 Å². The number of ether oxygens (including phenoxy) is 1. The Morgan fingerprint density at radius 2 is 2.07 bits per heavy atom. The molecule has 1 aromatic rings. The molecule has 0 spiro atoms. The molecular weight excluding hydrogens is 231 g/mol. The first-order valence-electron chi connectivity index (χ1n) is 4.12. The summed E-state index contributed by atoms with van der Waals surface area (Å²) in [5, 5.41) is 0.311. The Bertz CT molecular complexity index is 329. The molecule has 2 nitrogen and oxygen atoms in total. The molecule has 6 heteroatoms. The molecule has 0 radical (unpaired) electrons. The fourth-order valence-electron chi connectivity index (χ4n) is 0.953. The molecule has 0 aromatic heterocycles. The van der Waals surface area contributed by atoms with Gasteiger partial charge < -0.3 is 10.5 Å². The van der Waals surface area contributed by atoms with E-state index in [0.717, 1.165) is 0 Å². The number of rotatable bonds is 3. The van der Waals surface area contributed by atoms with Crippen LogP contribution in [0.4, 0.5) is 13.2 Å². The van der Waals surface area contributed by atoms with Crippen molar-refractivity contribution in [2.24, 2.45) is 5.73 Å². The molecule has 15 heavy (non-hydrogen) atoms. The average Bonchev–Trinajstić information content (AvgIpc) is 2.12. The van der Waals surface area contributed by atoms with Crippen LogP contribution in [0.2, 0.25) is 5.02 Å². The van der Waals surface area contributed by atoms with E-state index >= 15 is 0 Å². The molecule has 0 fully saturated rings. The Morgan fingerprint density at radius 1 is 1.40 bits per heavy atom. The van der Waals surface area contributed by atoms with Crippen molar-refractivity contribution in [3.63, 3.8) is 0 Å². The quantitative estimate of drug-likeness (QED) is 0.880. The molecule has 0 aliphatic rings. The van der Waals surface area contributed by atoms with Crippen LogP contribution in [0.3, 0.4) is 0 Å². The lowest BCUT2D eigenvalue weighted by Gasteiger charge is -2.20. The lowest BCUT2D eigenvalue weighted by Crippen LogP contribution is -2.40. The van der Waals surface area contributed by atoms with Gasteiger partial charge in [-0.25, -0.2) is 0 Å². The third-order valence-electron chi connectivity index (χ3n) is 1.65. The standard InChI is InChI=1S/C9H9ClF3NO/c10-6-2-1-3-7(4-6)15-8(5-14)9(11,12)13/h1-4,8H,5,14H2. The van der Waals surface area contributed by atoms with E-state index in [-0.39, 0.29) is 5.75 Å². The van der Waals surface area contributed by atoms with Gasteiger partial charge in [0.2, 0.25) is 6.10 Å². The molecule has 0 aliphatic carbocycles. The van der Waals surface area contributed by atoms with Gasteiger partial charge in [-0.1, -0.05) is 17.7 Å². The van der Waals surface area contributed by atoms with Crippen molar-refractivity contribution in [2.45, 2.75) is 12.3 Å². The van der Waals surface area contributed by atoms with E-state index in [1.165, 1.54) is 18.2 Å². The Balaban J connectivity index is 2.76. The smallest absolute Gasteiger partial charge is 0.426 e. The van der Waals surface area contributed by atoms with Crippen molar-refractivity contribution in [1.82, 2.24) is 0 Å². The maximum atomic E-state index is 12.3. The zero-order valence-corrected chi connectivity index (χ0v) is 8.35. The van der Waals surface area contributed by atoms with E-state index in [1.807, 2.05) is 0 Å². The van der Waals surface area contributed by atoms with Crippen molar-refractivity contribution in [2.75, 3.05) is 6.54 Å². The number of hydrogen-bond acceptors (Lipinski definition) is 2. The van der Waals surface area contributed by atoms with Crippen LogP contribution in [0.15, 0.2) is 24.3 Å². The summed E-state index contributed by atoms with van der Waals surface area (Å²) in [6.45, 7) is -0.629. The van der Waals surface area contributed by atoms with E-state index in [2.05, 4.69) is 4.74 Å². The summed E-state index contributed by atoms with van der Waals surface area (Å²) in [6.07, 6.45) is -6.48. The van der Waals surface area contributed by atoms with Crippen LogP contribution in [0.25, 0.3) is 0 Å². The van der Waals surface area contributed by atoms with Gasteiger partial charge in [0.15, 0.2) is 0 Å². The van der Waals surface area contributed by atoms with Crippen LogP contribution in [0.1, 0.15) is 0 Å². The highest BCUT2D eigenvalue weighted by atomic mass is 35.5. The molecule has 0 saturated heterocycles. The molecule has 1 aromatic carbocycles. The maximum Gasteiger partial charge on any atom is 0.426 e. The fourth-order valence-corrected chi connectivity index (χ4v) is 1.13. The average molecular weight is 240 g/mol. The SMILES string of the molecule is NCC(Oc1cccc(Cl)c1)C(F)(F)F. The van der Waals surface area contributed by atoms with E-state index < -0.39 is 18.8 Å². The third-order valence-corrected chi connectivity index (χ3v) is 1.89. The summed E-state index contributed by atoms with van der Waals surface area (Å²) in [4.78, 5) is 0. The van der Waals surface area contributed by atoms with Crippen LogP contribution in [-0.2, 0) is 0 Å². The first kappa shape index (κ1) is 12.1. The number of nitrogens with two attached hydrogens (primary N) is 1. The van der Waals surface area contributed by atoms with Gasteiger partial charge in [-0.2, -0.15) is 13.2 Å². The molecular formula is C9H9ClF3NO. The van der Waals surface area contributed by atoms with E-state index in [0.29, 0.717) is 5.02 Å². The van der Waals surface area contributed by atoms with Gasteiger partial charge in [0, 0.05) is 11.6 Å². The molecule has 1 rings (SSSR count). The summed E-state index contributed by atoms with van der Waals surface area (Å²) in [6, 6.07) is 5.73. The number of alkyl halides is 3. The van der Waals surface area contributed by atoms with Crippen LogP contribution in [0.5, 0.6) is 5.75 Å². The minimum Gasteiger partial charge on any atom is -0.480 e. The number of benzene rings is 1. The van der Waals surface area contributed by atoms with E-state index in [1.54, 1.807) is 6.07 Å². The second-order valence-corrected chi connectivity index (χ2v) is 3.28. The largest absolute Gasteiger partial charge is 0.480 e. The Morgan fingerprint density at radius 3 is 2.53 bits per heavy atom. The van der Waals surface area contributed by atoms with E-state index in [9.17, 15) is 13.2 Å².